The molecule has 0 amide bonds. The Hall–Kier alpha value is -3.28. The highest BCUT2D eigenvalue weighted by Crippen LogP contribution is 2.27. The normalized spacial score (nSPS) is 12.2. The van der Waals surface area contributed by atoms with E-state index < -0.39 is 0 Å². The van der Waals surface area contributed by atoms with Crippen LogP contribution in [0.2, 0.25) is 0 Å². The maximum absolute atomic E-state index is 6.50. The molecule has 0 saturated carbocycles. The molecule has 228 valence electrons. The van der Waals surface area contributed by atoms with Crippen molar-refractivity contribution >= 4 is 0 Å². The van der Waals surface area contributed by atoms with Gasteiger partial charge in [-0.25, -0.2) is 0 Å². The van der Waals surface area contributed by atoms with Gasteiger partial charge in [0.2, 0.25) is 0 Å². The summed E-state index contributed by atoms with van der Waals surface area (Å²) in [5.41, 5.74) is 4.84. The molecule has 0 aliphatic rings. The van der Waals surface area contributed by atoms with Crippen LogP contribution >= 0.6 is 0 Å². The Morgan fingerprint density at radius 3 is 0.953 bits per heavy atom. The molecule has 0 unspecified atom stereocenters. The van der Waals surface area contributed by atoms with Crippen molar-refractivity contribution in [2.45, 2.75) is 31.5 Å². The third-order valence-corrected chi connectivity index (χ3v) is 8.40. The van der Waals surface area contributed by atoms with Gasteiger partial charge in [-0.1, -0.05) is 121 Å². The summed E-state index contributed by atoms with van der Waals surface area (Å²) in [6.45, 7) is 5.79. The van der Waals surface area contributed by atoms with Crippen LogP contribution in [0.4, 0.5) is 0 Å². The number of hydrogen-bond acceptors (Lipinski definition) is 2. The predicted octanol–water partition coefficient (Wildman–Crippen LogP) is 7.92. The first-order valence-corrected chi connectivity index (χ1v) is 15.9. The van der Waals surface area contributed by atoms with Crippen molar-refractivity contribution in [3.8, 4) is 0 Å². The highest BCUT2D eigenvalue weighted by atomic mass is 16.5. The van der Waals surface area contributed by atoms with E-state index in [0.717, 1.165) is 48.4 Å². The number of quaternary nitrogens is 2. The second-order valence-electron chi connectivity index (χ2n) is 13.0. The van der Waals surface area contributed by atoms with Gasteiger partial charge in [0.15, 0.2) is 0 Å². The van der Waals surface area contributed by atoms with Crippen LogP contribution in [0.25, 0.3) is 0 Å². The fraction of sp³-hybridized carbons (Fsp3) is 0.385. The molecule has 0 radical (unpaired) electrons. The molecule has 0 saturated heterocycles. The average Bonchev–Trinajstić information content (AvgIpc) is 3.03. The lowest BCUT2D eigenvalue weighted by molar-refractivity contribution is -0.893. The van der Waals surface area contributed by atoms with Gasteiger partial charge in [-0.15, -0.1) is 0 Å². The summed E-state index contributed by atoms with van der Waals surface area (Å²) in [5.74, 6) is 0. The smallest absolute Gasteiger partial charge is 0.108 e. The second-order valence-corrected chi connectivity index (χ2v) is 13.0. The molecule has 0 N–H and O–H groups in total. The minimum Gasteiger partial charge on any atom is -0.363 e. The topological polar surface area (TPSA) is 18.5 Å². The number of ether oxygens (including phenoxy) is 2. The minimum atomic E-state index is -0.0259. The molecule has 4 rings (SSSR count). The van der Waals surface area contributed by atoms with Gasteiger partial charge in [-0.05, 0) is 41.5 Å². The Morgan fingerprint density at radius 2 is 0.674 bits per heavy atom. The Kier molecular flexibility index (Phi) is 12.5. The van der Waals surface area contributed by atoms with Crippen molar-refractivity contribution in [2.75, 3.05) is 67.6 Å². The van der Waals surface area contributed by atoms with E-state index in [1.165, 1.54) is 41.5 Å². The second kappa shape index (κ2) is 16.5. The molecule has 0 aliphatic heterocycles. The zero-order chi connectivity index (χ0) is 30.4. The molecule has 0 spiro atoms. The monoisotopic (exact) mass is 580 g/mol. The van der Waals surface area contributed by atoms with E-state index in [9.17, 15) is 0 Å². The molecule has 0 aliphatic carbocycles. The summed E-state index contributed by atoms with van der Waals surface area (Å²) in [7, 11) is 9.32. The zero-order valence-electron chi connectivity index (χ0n) is 26.8. The summed E-state index contributed by atoms with van der Waals surface area (Å²) < 4.78 is 15.0. The predicted molar refractivity (Wildman–Crippen MR) is 179 cm³/mol. The molecule has 0 fully saturated rings. The van der Waals surface area contributed by atoms with Crippen molar-refractivity contribution in [1.29, 1.82) is 0 Å². The summed E-state index contributed by atoms with van der Waals surface area (Å²) >= 11 is 0. The third kappa shape index (κ3) is 11.1. The van der Waals surface area contributed by atoms with Gasteiger partial charge in [0.1, 0.15) is 25.3 Å². The molecule has 4 aromatic carbocycles. The SMILES string of the molecule is C[N+](C)(CCCCC[N+](C)(C)CCOC(c1ccccc1)c1ccccc1)CCOC(c1ccccc1)c1ccccc1. The van der Waals surface area contributed by atoms with Gasteiger partial charge >= 0.3 is 0 Å². The highest BCUT2D eigenvalue weighted by Gasteiger charge is 2.21. The molecule has 0 heterocycles. The quantitative estimate of drug-likeness (QED) is 0.0879. The van der Waals surface area contributed by atoms with Crippen molar-refractivity contribution < 1.29 is 18.4 Å². The maximum Gasteiger partial charge on any atom is 0.108 e. The number of rotatable bonds is 18. The number of nitrogens with zero attached hydrogens (tertiary/aromatic N) is 2. The van der Waals surface area contributed by atoms with Gasteiger partial charge in [-0.2, -0.15) is 0 Å². The molecule has 0 aromatic heterocycles. The van der Waals surface area contributed by atoms with Crippen molar-refractivity contribution in [1.82, 2.24) is 0 Å². The van der Waals surface area contributed by atoms with Gasteiger partial charge in [0.25, 0.3) is 0 Å². The van der Waals surface area contributed by atoms with Crippen LogP contribution in [0, 0.1) is 0 Å². The van der Waals surface area contributed by atoms with Crippen LogP contribution in [0.5, 0.6) is 0 Å². The van der Waals surface area contributed by atoms with E-state index in [0.29, 0.717) is 0 Å². The molecular weight excluding hydrogens is 528 g/mol. The molecule has 43 heavy (non-hydrogen) atoms. The Labute approximate surface area is 260 Å². The van der Waals surface area contributed by atoms with Crippen LogP contribution in [-0.4, -0.2) is 76.5 Å². The van der Waals surface area contributed by atoms with Crippen LogP contribution < -0.4 is 0 Å². The Morgan fingerprint density at radius 1 is 0.395 bits per heavy atom. The van der Waals surface area contributed by atoms with Crippen LogP contribution in [-0.2, 0) is 9.47 Å². The first kappa shape index (κ1) is 32.6. The number of benzene rings is 4. The van der Waals surface area contributed by atoms with Crippen LogP contribution in [0.3, 0.4) is 0 Å². The lowest BCUT2D eigenvalue weighted by atomic mass is 10.0. The lowest BCUT2D eigenvalue weighted by Crippen LogP contribution is -2.44. The van der Waals surface area contributed by atoms with Crippen molar-refractivity contribution in [2.24, 2.45) is 0 Å². The fourth-order valence-corrected chi connectivity index (χ4v) is 5.60. The lowest BCUT2D eigenvalue weighted by Gasteiger charge is -2.32. The summed E-state index contributed by atoms with van der Waals surface area (Å²) in [5, 5.41) is 0. The number of likely N-dealkylation sites (N-methyl/N-ethyl adjacent to an activating group) is 2. The van der Waals surface area contributed by atoms with E-state index in [4.69, 9.17) is 9.47 Å². The molecule has 4 aromatic rings. The van der Waals surface area contributed by atoms with E-state index in [1.807, 2.05) is 0 Å². The first-order valence-electron chi connectivity index (χ1n) is 15.9. The first-order chi connectivity index (χ1) is 20.8. The van der Waals surface area contributed by atoms with E-state index in [2.05, 4.69) is 150 Å². The molecule has 0 atom stereocenters. The maximum atomic E-state index is 6.50. The van der Waals surface area contributed by atoms with E-state index in [-0.39, 0.29) is 12.2 Å². The average molecular weight is 581 g/mol. The van der Waals surface area contributed by atoms with Crippen molar-refractivity contribution in [3.63, 3.8) is 0 Å². The fourth-order valence-electron chi connectivity index (χ4n) is 5.60. The van der Waals surface area contributed by atoms with Crippen molar-refractivity contribution in [3.05, 3.63) is 144 Å². The van der Waals surface area contributed by atoms with Gasteiger partial charge in [-0.3, -0.25) is 0 Å². The number of unbranched alkanes of at least 4 members (excludes halogenated alkanes) is 2. The standard InChI is InChI=1S/C39H52N2O2/c1-40(2,30-32-42-38(34-20-10-5-11-21-34)35-22-12-6-13-23-35)28-18-9-19-29-41(3,4)31-33-43-39(36-24-14-7-15-25-36)37-26-16-8-17-27-37/h5-8,10-17,20-27,38-39H,9,18-19,28-33H2,1-4H3/q+2. The summed E-state index contributed by atoms with van der Waals surface area (Å²) in [6.07, 6.45) is 3.66. The minimum absolute atomic E-state index is 0.0259. The molecule has 0 bridgehead atoms. The van der Waals surface area contributed by atoms with Crippen LogP contribution in [0.15, 0.2) is 121 Å². The van der Waals surface area contributed by atoms with E-state index in [1.54, 1.807) is 0 Å². The largest absolute Gasteiger partial charge is 0.363 e. The molecular formula is C39H52N2O2+2. The summed E-state index contributed by atoms with van der Waals surface area (Å²) in [4.78, 5) is 0. The molecule has 4 nitrogen and oxygen atoms in total. The zero-order valence-corrected chi connectivity index (χ0v) is 26.8. The third-order valence-electron chi connectivity index (χ3n) is 8.40. The van der Waals surface area contributed by atoms with Gasteiger partial charge in [0.05, 0.1) is 54.5 Å². The van der Waals surface area contributed by atoms with Gasteiger partial charge in [0, 0.05) is 0 Å². The highest BCUT2D eigenvalue weighted by molar-refractivity contribution is 5.31. The van der Waals surface area contributed by atoms with E-state index >= 15 is 0 Å². The Balaban J connectivity index is 1.16. The Bertz CT molecular complexity index is 1110. The van der Waals surface area contributed by atoms with Crippen LogP contribution in [0.1, 0.15) is 53.7 Å². The summed E-state index contributed by atoms with van der Waals surface area (Å²) in [6, 6.07) is 42.3. The van der Waals surface area contributed by atoms with Gasteiger partial charge < -0.3 is 18.4 Å². The number of hydrogen-bond donors (Lipinski definition) is 0. The molecule has 4 heteroatoms.